The van der Waals surface area contributed by atoms with E-state index in [2.05, 4.69) is 30.2 Å². The number of H-pyrrole nitrogens is 1. The molecule has 42 heavy (non-hydrogen) atoms. The third-order valence-electron chi connectivity index (χ3n) is 6.92. The Morgan fingerprint density at radius 2 is 1.81 bits per heavy atom. The molecule has 3 aromatic rings. The number of carbonyl (C=O) groups is 3. The van der Waals surface area contributed by atoms with E-state index in [0.29, 0.717) is 5.92 Å². The third kappa shape index (κ3) is 8.18. The Morgan fingerprint density at radius 3 is 2.45 bits per heavy atom. The van der Waals surface area contributed by atoms with Crippen molar-refractivity contribution in [3.8, 4) is 0 Å². The van der Waals surface area contributed by atoms with Crippen molar-refractivity contribution in [1.82, 2.24) is 19.4 Å². The molecule has 3 rings (SSSR count). The summed E-state index contributed by atoms with van der Waals surface area (Å²) in [5.74, 6) is -0.331. The Morgan fingerprint density at radius 1 is 1.10 bits per heavy atom. The molecule has 10 nitrogen and oxygen atoms in total. The number of nitrogens with one attached hydrogen (secondary N) is 2. The summed E-state index contributed by atoms with van der Waals surface area (Å²) < 4.78 is 7.10. The van der Waals surface area contributed by atoms with E-state index >= 15 is 0 Å². The highest BCUT2D eigenvalue weighted by atomic mass is 16.6. The summed E-state index contributed by atoms with van der Waals surface area (Å²) in [7, 11) is 9.84. The first-order chi connectivity index (χ1) is 19.7. The van der Waals surface area contributed by atoms with Crippen LogP contribution in [-0.2, 0) is 27.3 Å². The van der Waals surface area contributed by atoms with Crippen molar-refractivity contribution in [2.45, 2.75) is 44.6 Å². The summed E-state index contributed by atoms with van der Waals surface area (Å²) in [5.41, 5.74) is 2.83. The van der Waals surface area contributed by atoms with Crippen LogP contribution in [0.15, 0.2) is 59.5 Å². The van der Waals surface area contributed by atoms with Gasteiger partial charge in [-0.1, -0.05) is 38.1 Å². The predicted molar refractivity (Wildman–Crippen MR) is 171 cm³/mol. The van der Waals surface area contributed by atoms with Crippen molar-refractivity contribution in [2.24, 2.45) is 5.92 Å². The average molecular weight is 573 g/mol. The molecular weight excluding hydrogens is 532 g/mol. The second-order valence-electron chi connectivity index (χ2n) is 12.1. The lowest BCUT2D eigenvalue weighted by atomic mass is 9.49. The summed E-state index contributed by atoms with van der Waals surface area (Å²) in [5, 5.41) is 2.86. The van der Waals surface area contributed by atoms with Crippen LogP contribution in [0.25, 0.3) is 10.9 Å². The number of aromatic nitrogens is 2. The zero-order valence-corrected chi connectivity index (χ0v) is 25.9. The molecule has 0 aliphatic carbocycles. The maximum atomic E-state index is 13.5. The number of hydrogen-bond donors (Lipinski definition) is 2. The molecule has 0 saturated carbocycles. The van der Waals surface area contributed by atoms with Crippen LogP contribution in [0.5, 0.6) is 0 Å². The summed E-state index contributed by atoms with van der Waals surface area (Å²) in [6.45, 7) is 4.64. The van der Waals surface area contributed by atoms with Crippen LogP contribution in [0.3, 0.4) is 0 Å². The van der Waals surface area contributed by atoms with Gasteiger partial charge in [-0.15, -0.1) is 0 Å². The van der Waals surface area contributed by atoms with Crippen LogP contribution in [0.1, 0.15) is 31.5 Å². The predicted octanol–water partition coefficient (Wildman–Crippen LogP) is 2.00. The highest BCUT2D eigenvalue weighted by Gasteiger charge is 2.38. The van der Waals surface area contributed by atoms with Crippen LogP contribution in [0.2, 0.25) is 5.21 Å². The van der Waals surface area contributed by atoms with Gasteiger partial charge in [-0.3, -0.25) is 14.4 Å². The number of aromatic amines is 1. The molecule has 222 valence electrons. The van der Waals surface area contributed by atoms with E-state index in [1.54, 1.807) is 48.1 Å². The van der Waals surface area contributed by atoms with Gasteiger partial charge in [-0.25, -0.2) is 4.79 Å². The fourth-order valence-electron chi connectivity index (χ4n) is 4.60. The molecule has 0 fully saturated rings. The second-order valence-corrected chi connectivity index (χ2v) is 12.1. The number of carbonyl (C=O) groups excluding carboxylic acids is 3. The van der Waals surface area contributed by atoms with E-state index in [1.807, 2.05) is 18.2 Å². The number of nitrogens with zero attached hydrogens (tertiary/aromatic N) is 3. The standard InChI is InChI=1S/C30H41B2N5O5/c1-19(2)16-20-10-7-11-21-17-22(33-25(20)21)18-37-15-9-12-23(28(37)40)34-27(39)26(42-29(41)36(5)6)30(31,32)14-8-13-24(38)35(3)4/h7-13,15,17,19,26,33H,14,16,18,31-32H2,1-6H3,(H,34,39)/b13-8+. The molecule has 2 N–H and O–H groups in total. The van der Waals surface area contributed by atoms with Crippen LogP contribution < -0.4 is 10.9 Å². The smallest absolute Gasteiger partial charge is 0.409 e. The van der Waals surface area contributed by atoms with E-state index in [4.69, 9.17) is 4.74 Å². The van der Waals surface area contributed by atoms with Gasteiger partial charge in [-0.05, 0) is 59.2 Å². The van der Waals surface area contributed by atoms with Gasteiger partial charge in [0.2, 0.25) is 5.91 Å². The Hall–Kier alpha value is -4.21. The first kappa shape index (κ1) is 32.3. The molecule has 2 heterocycles. The lowest BCUT2D eigenvalue weighted by molar-refractivity contribution is -0.125. The normalized spacial score (nSPS) is 12.5. The number of likely N-dealkylation sites (N-methyl/N-ethyl adjacent to an activating group) is 1. The van der Waals surface area contributed by atoms with E-state index in [1.165, 1.54) is 46.2 Å². The van der Waals surface area contributed by atoms with Gasteiger partial charge >= 0.3 is 6.09 Å². The number of fused-ring (bicyclic) bond motifs is 1. The largest absolute Gasteiger partial charge is 0.437 e. The maximum Gasteiger partial charge on any atom is 0.409 e. The topological polar surface area (TPSA) is 117 Å². The highest BCUT2D eigenvalue weighted by molar-refractivity contribution is 6.42. The molecule has 0 saturated heterocycles. The van der Waals surface area contributed by atoms with Crippen molar-refractivity contribution < 1.29 is 19.1 Å². The minimum absolute atomic E-state index is 0.0686. The monoisotopic (exact) mass is 573 g/mol. The molecule has 0 spiro atoms. The summed E-state index contributed by atoms with van der Waals surface area (Å²) >= 11 is 0. The van der Waals surface area contributed by atoms with Gasteiger partial charge in [0, 0.05) is 45.6 Å². The van der Waals surface area contributed by atoms with Crippen LogP contribution in [0.4, 0.5) is 10.5 Å². The van der Waals surface area contributed by atoms with Gasteiger partial charge in [0.25, 0.3) is 11.5 Å². The lowest BCUT2D eigenvalue weighted by Gasteiger charge is -2.32. The fraction of sp³-hybridized carbons (Fsp3) is 0.400. The number of anilines is 1. The Kier molecular flexibility index (Phi) is 10.5. The second kappa shape index (κ2) is 13.6. The molecule has 1 unspecified atom stereocenters. The Labute approximate surface area is 248 Å². The van der Waals surface area contributed by atoms with Gasteiger partial charge < -0.3 is 29.4 Å². The highest BCUT2D eigenvalue weighted by Crippen LogP contribution is 2.31. The molecule has 1 atom stereocenters. The van der Waals surface area contributed by atoms with Crippen molar-refractivity contribution in [1.29, 1.82) is 0 Å². The summed E-state index contributed by atoms with van der Waals surface area (Å²) in [4.78, 5) is 57.5. The van der Waals surface area contributed by atoms with Crippen molar-refractivity contribution in [2.75, 3.05) is 33.5 Å². The molecule has 0 radical (unpaired) electrons. The molecule has 12 heteroatoms. The minimum atomic E-state index is -1.24. The van der Waals surface area contributed by atoms with Crippen molar-refractivity contribution in [3.05, 3.63) is 76.4 Å². The summed E-state index contributed by atoms with van der Waals surface area (Å²) in [6, 6.07) is 11.4. The van der Waals surface area contributed by atoms with Crippen molar-refractivity contribution >= 4 is 50.2 Å². The summed E-state index contributed by atoms with van der Waals surface area (Å²) in [6.07, 6.45) is 3.99. The number of allylic oxidation sites excluding steroid dienone is 1. The van der Waals surface area contributed by atoms with E-state index in [9.17, 15) is 19.2 Å². The molecule has 1 aromatic carbocycles. The molecule has 3 amide bonds. The number of hydrogen-bond acceptors (Lipinski definition) is 5. The molecular formula is C30H41B2N5O5. The number of ether oxygens (including phenoxy) is 1. The Bertz CT molecular complexity index is 1520. The number of para-hydroxylation sites is 1. The van der Waals surface area contributed by atoms with Gasteiger partial charge in [0.1, 0.15) is 21.4 Å². The van der Waals surface area contributed by atoms with E-state index in [-0.39, 0.29) is 30.1 Å². The van der Waals surface area contributed by atoms with Crippen LogP contribution >= 0.6 is 0 Å². The third-order valence-corrected chi connectivity index (χ3v) is 6.92. The first-order valence-electron chi connectivity index (χ1n) is 14.0. The van der Waals surface area contributed by atoms with Gasteiger partial charge in [-0.2, -0.15) is 0 Å². The van der Waals surface area contributed by atoms with Gasteiger partial charge in [0.15, 0.2) is 6.10 Å². The lowest BCUT2D eigenvalue weighted by Crippen LogP contribution is -2.45. The number of rotatable bonds is 11. The number of pyridine rings is 1. The van der Waals surface area contributed by atoms with Crippen LogP contribution in [-0.4, -0.2) is 87.2 Å². The minimum Gasteiger partial charge on any atom is -0.437 e. The Balaban J connectivity index is 1.85. The number of amides is 3. The van der Waals surface area contributed by atoms with Gasteiger partial charge in [0.05, 0.1) is 6.54 Å². The molecule has 0 aliphatic heterocycles. The number of benzene rings is 1. The zero-order valence-electron chi connectivity index (χ0n) is 25.9. The van der Waals surface area contributed by atoms with Crippen molar-refractivity contribution in [3.63, 3.8) is 0 Å². The van der Waals surface area contributed by atoms with E-state index < -0.39 is 23.3 Å². The SMILES string of the molecule is BC(B)(C/C=C/C(=O)N(C)C)C(OC(=O)N(C)C)C(=O)Nc1cccn(Cc2cc3cccc(CC(C)C)c3[nH]2)c1=O. The zero-order chi connectivity index (χ0) is 31.2. The molecule has 0 bridgehead atoms. The molecule has 0 aliphatic rings. The van der Waals surface area contributed by atoms with Crippen LogP contribution in [0, 0.1) is 5.92 Å². The quantitative estimate of drug-likeness (QED) is 0.269. The fourth-order valence-corrected chi connectivity index (χ4v) is 4.60. The van der Waals surface area contributed by atoms with E-state index in [0.717, 1.165) is 23.0 Å². The maximum absolute atomic E-state index is 13.5. The molecule has 2 aromatic heterocycles. The first-order valence-corrected chi connectivity index (χ1v) is 14.0. The average Bonchev–Trinajstić information content (AvgIpc) is 3.32.